The average molecular weight is 301 g/mol. The monoisotopic (exact) mass is 301 g/mol. The highest BCUT2D eigenvalue weighted by Crippen LogP contribution is 2.32. The van der Waals surface area contributed by atoms with Gasteiger partial charge in [-0.3, -0.25) is 14.8 Å². The van der Waals surface area contributed by atoms with Gasteiger partial charge in [0.1, 0.15) is 5.69 Å². The van der Waals surface area contributed by atoms with Crippen LogP contribution in [0.1, 0.15) is 47.2 Å². The summed E-state index contributed by atoms with van der Waals surface area (Å²) in [6.07, 6.45) is 5.36. The summed E-state index contributed by atoms with van der Waals surface area (Å²) in [5.41, 5.74) is 3.05. The molecule has 1 atom stereocenters. The third kappa shape index (κ3) is 2.78. The first-order valence-electron chi connectivity index (χ1n) is 7.80. The maximum Gasteiger partial charge on any atom is 0.267 e. The summed E-state index contributed by atoms with van der Waals surface area (Å²) in [6.45, 7) is 1.94. The smallest absolute Gasteiger partial charge is 0.267 e. The molecule has 0 saturated carbocycles. The van der Waals surface area contributed by atoms with Gasteiger partial charge in [-0.2, -0.15) is 5.10 Å². The molecule has 0 bridgehead atoms. The molecule has 1 aliphatic heterocycles. The number of piperidine rings is 1. The lowest BCUT2D eigenvalue weighted by atomic mass is 9.99. The molecule has 0 aliphatic carbocycles. The van der Waals surface area contributed by atoms with E-state index in [-0.39, 0.29) is 5.91 Å². The summed E-state index contributed by atoms with van der Waals surface area (Å²) in [6, 6.07) is 6.37. The van der Waals surface area contributed by atoms with Gasteiger partial charge in [-0.1, -0.05) is 6.42 Å². The zero-order valence-corrected chi connectivity index (χ0v) is 13.2. The molecule has 118 valence electrons. The van der Waals surface area contributed by atoms with Crippen molar-refractivity contribution in [3.05, 3.63) is 41.5 Å². The van der Waals surface area contributed by atoms with Gasteiger partial charge in [0.2, 0.25) is 0 Å². The van der Waals surface area contributed by atoms with E-state index in [0.29, 0.717) is 11.7 Å². The second-order valence-corrected chi connectivity index (χ2v) is 5.85. The van der Waals surface area contributed by atoms with E-state index in [4.69, 9.17) is 0 Å². The van der Waals surface area contributed by atoms with Crippen LogP contribution in [0.2, 0.25) is 0 Å². The molecule has 0 unspecified atom stereocenters. The molecule has 1 saturated heterocycles. The van der Waals surface area contributed by atoms with Crippen molar-refractivity contribution in [2.75, 3.05) is 13.6 Å². The van der Waals surface area contributed by atoms with E-state index in [1.165, 1.54) is 18.5 Å². The molecule has 2 aromatic heterocycles. The van der Waals surface area contributed by atoms with Crippen LogP contribution in [-0.2, 0) is 13.6 Å². The number of carbonyl (C=O) groups excluding carboxylic acids is 1. The second kappa shape index (κ2) is 6.36. The Morgan fingerprint density at radius 2 is 2.27 bits per heavy atom. The standard InChI is InChI=1S/C16H23N5O/c1-17-16(22)15-7-6-13(20(15)2)14-5-3-4-10-21(14)11-12-8-9-18-19-12/h6-9,14H,3-5,10-11H2,1-2H3,(H,17,22)(H,18,19)/t14-/m0/s1. The quantitative estimate of drug-likeness (QED) is 0.905. The summed E-state index contributed by atoms with van der Waals surface area (Å²) in [5, 5.41) is 9.77. The maximum absolute atomic E-state index is 11.9. The van der Waals surface area contributed by atoms with Crippen molar-refractivity contribution < 1.29 is 4.79 Å². The van der Waals surface area contributed by atoms with Crippen LogP contribution in [0.3, 0.4) is 0 Å². The molecule has 0 spiro atoms. The van der Waals surface area contributed by atoms with Crippen molar-refractivity contribution in [2.45, 2.75) is 31.8 Å². The van der Waals surface area contributed by atoms with Gasteiger partial charge in [-0.25, -0.2) is 0 Å². The number of hydrogen-bond acceptors (Lipinski definition) is 3. The zero-order valence-electron chi connectivity index (χ0n) is 13.2. The first kappa shape index (κ1) is 14.8. The lowest BCUT2D eigenvalue weighted by Gasteiger charge is -2.35. The van der Waals surface area contributed by atoms with E-state index in [9.17, 15) is 4.79 Å². The molecular formula is C16H23N5O. The number of aromatic amines is 1. The Kier molecular flexibility index (Phi) is 4.29. The van der Waals surface area contributed by atoms with E-state index in [2.05, 4.69) is 26.5 Å². The summed E-state index contributed by atoms with van der Waals surface area (Å²) in [4.78, 5) is 14.4. The number of aromatic nitrogens is 3. The second-order valence-electron chi connectivity index (χ2n) is 5.85. The minimum atomic E-state index is -0.0373. The van der Waals surface area contributed by atoms with Crippen LogP contribution in [0.4, 0.5) is 0 Å². The summed E-state index contributed by atoms with van der Waals surface area (Å²) in [5.74, 6) is -0.0373. The van der Waals surface area contributed by atoms with E-state index < -0.39 is 0 Å². The van der Waals surface area contributed by atoms with Crippen molar-refractivity contribution >= 4 is 5.91 Å². The third-order valence-electron chi connectivity index (χ3n) is 4.51. The number of rotatable bonds is 4. The number of amides is 1. The Morgan fingerprint density at radius 1 is 1.41 bits per heavy atom. The number of H-pyrrole nitrogens is 1. The first-order chi connectivity index (χ1) is 10.7. The third-order valence-corrected chi connectivity index (χ3v) is 4.51. The van der Waals surface area contributed by atoms with Gasteiger partial charge in [0.25, 0.3) is 5.91 Å². The molecule has 1 aliphatic rings. The van der Waals surface area contributed by atoms with Crippen LogP contribution in [0, 0.1) is 0 Å². The van der Waals surface area contributed by atoms with Gasteiger partial charge in [-0.05, 0) is 37.6 Å². The Labute approximate surface area is 130 Å². The summed E-state index contributed by atoms with van der Waals surface area (Å²) in [7, 11) is 3.64. The molecule has 6 nitrogen and oxygen atoms in total. The zero-order chi connectivity index (χ0) is 15.5. The number of nitrogens with zero attached hydrogens (tertiary/aromatic N) is 3. The normalized spacial score (nSPS) is 19.3. The molecule has 1 fully saturated rings. The van der Waals surface area contributed by atoms with Crippen molar-refractivity contribution in [3.63, 3.8) is 0 Å². The average Bonchev–Trinajstić information content (AvgIpc) is 3.17. The topological polar surface area (TPSA) is 66.0 Å². The van der Waals surface area contributed by atoms with Gasteiger partial charge in [-0.15, -0.1) is 0 Å². The summed E-state index contributed by atoms with van der Waals surface area (Å²) >= 11 is 0. The lowest BCUT2D eigenvalue weighted by Crippen LogP contribution is -2.34. The fourth-order valence-electron chi connectivity index (χ4n) is 3.32. The largest absolute Gasteiger partial charge is 0.354 e. The Morgan fingerprint density at radius 3 is 3.00 bits per heavy atom. The van der Waals surface area contributed by atoms with E-state index in [1.807, 2.05) is 23.7 Å². The summed E-state index contributed by atoms with van der Waals surface area (Å²) < 4.78 is 2.02. The van der Waals surface area contributed by atoms with Gasteiger partial charge in [0.15, 0.2) is 0 Å². The Balaban J connectivity index is 1.84. The van der Waals surface area contributed by atoms with Gasteiger partial charge in [0.05, 0.1) is 6.04 Å². The van der Waals surface area contributed by atoms with Crippen molar-refractivity contribution in [1.29, 1.82) is 0 Å². The maximum atomic E-state index is 11.9. The Bertz CT molecular complexity index is 631. The molecule has 0 aromatic carbocycles. The van der Waals surface area contributed by atoms with Gasteiger partial charge < -0.3 is 9.88 Å². The molecule has 0 radical (unpaired) electrons. The van der Waals surface area contributed by atoms with Gasteiger partial charge >= 0.3 is 0 Å². The lowest BCUT2D eigenvalue weighted by molar-refractivity contribution is 0.0952. The predicted octanol–water partition coefficient (Wildman–Crippen LogP) is 1.83. The fraction of sp³-hybridized carbons (Fsp3) is 0.500. The van der Waals surface area contributed by atoms with Crippen LogP contribution < -0.4 is 5.32 Å². The number of hydrogen-bond donors (Lipinski definition) is 2. The number of nitrogens with one attached hydrogen (secondary N) is 2. The van der Waals surface area contributed by atoms with Crippen molar-refractivity contribution in [2.24, 2.45) is 7.05 Å². The minimum absolute atomic E-state index is 0.0373. The van der Waals surface area contributed by atoms with E-state index >= 15 is 0 Å². The molecule has 3 heterocycles. The van der Waals surface area contributed by atoms with Crippen LogP contribution in [0.25, 0.3) is 0 Å². The van der Waals surface area contributed by atoms with Crippen LogP contribution in [0.15, 0.2) is 24.4 Å². The van der Waals surface area contributed by atoms with Crippen LogP contribution in [-0.4, -0.2) is 39.2 Å². The number of carbonyl (C=O) groups is 1. The van der Waals surface area contributed by atoms with E-state index in [1.54, 1.807) is 13.2 Å². The SMILES string of the molecule is CNC(=O)c1ccc([C@@H]2CCCCN2Cc2ccn[nH]2)n1C. The molecular weight excluding hydrogens is 278 g/mol. The molecule has 6 heteroatoms. The molecule has 2 aromatic rings. The molecule has 2 N–H and O–H groups in total. The first-order valence-corrected chi connectivity index (χ1v) is 7.80. The highest BCUT2D eigenvalue weighted by Gasteiger charge is 2.27. The van der Waals surface area contributed by atoms with Crippen LogP contribution >= 0.6 is 0 Å². The highest BCUT2D eigenvalue weighted by molar-refractivity contribution is 5.92. The minimum Gasteiger partial charge on any atom is -0.354 e. The van der Waals surface area contributed by atoms with Crippen molar-refractivity contribution in [1.82, 2.24) is 25.0 Å². The van der Waals surface area contributed by atoms with E-state index in [0.717, 1.165) is 25.2 Å². The Hall–Kier alpha value is -2.08. The fourth-order valence-corrected chi connectivity index (χ4v) is 3.32. The molecule has 3 rings (SSSR count). The predicted molar refractivity (Wildman–Crippen MR) is 84.4 cm³/mol. The number of likely N-dealkylation sites (tertiary alicyclic amines) is 1. The van der Waals surface area contributed by atoms with Gasteiger partial charge in [0, 0.05) is 38.2 Å². The molecule has 22 heavy (non-hydrogen) atoms. The van der Waals surface area contributed by atoms with Crippen LogP contribution in [0.5, 0.6) is 0 Å². The molecule has 1 amide bonds. The highest BCUT2D eigenvalue weighted by atomic mass is 16.1. The van der Waals surface area contributed by atoms with Crippen molar-refractivity contribution in [3.8, 4) is 0 Å².